The van der Waals surface area contributed by atoms with E-state index < -0.39 is 22.0 Å². The van der Waals surface area contributed by atoms with Gasteiger partial charge in [-0.1, -0.05) is 11.6 Å². The maximum absolute atomic E-state index is 12.9. The minimum atomic E-state index is -3.82. The number of nitrogens with one attached hydrogen (secondary N) is 1. The van der Waals surface area contributed by atoms with Crippen LogP contribution in [0.2, 0.25) is 5.02 Å². The van der Waals surface area contributed by atoms with Crippen LogP contribution >= 0.6 is 43.5 Å². The summed E-state index contributed by atoms with van der Waals surface area (Å²) in [5.41, 5.74) is 3.02. The maximum Gasteiger partial charge on any atom is 0.258 e. The fourth-order valence-electron chi connectivity index (χ4n) is 2.94. The number of rotatable bonds is 5. The molecular formula is C18H16Br2ClN3O4S. The van der Waals surface area contributed by atoms with E-state index in [0.717, 1.165) is 0 Å². The van der Waals surface area contributed by atoms with Gasteiger partial charge in [-0.15, -0.1) is 0 Å². The number of carbonyl (C=O) groups is 1. The number of hydrogen-bond donors (Lipinski definition) is 2. The van der Waals surface area contributed by atoms with Crippen LogP contribution in [0.1, 0.15) is 18.4 Å². The summed E-state index contributed by atoms with van der Waals surface area (Å²) in [5.74, 6) is -0.451. The van der Waals surface area contributed by atoms with E-state index in [9.17, 15) is 18.3 Å². The molecule has 1 aliphatic rings. The van der Waals surface area contributed by atoms with Crippen LogP contribution < -0.4 is 5.43 Å². The minimum absolute atomic E-state index is 0.0557. The molecule has 1 fully saturated rings. The maximum atomic E-state index is 12.9. The van der Waals surface area contributed by atoms with E-state index >= 15 is 0 Å². The van der Waals surface area contributed by atoms with Crippen molar-refractivity contribution in [3.63, 3.8) is 0 Å². The van der Waals surface area contributed by atoms with Crippen molar-refractivity contribution in [2.75, 3.05) is 6.54 Å². The zero-order valence-corrected chi connectivity index (χ0v) is 19.6. The van der Waals surface area contributed by atoms with E-state index in [-0.39, 0.29) is 17.2 Å². The standard InChI is InChI=1S/C18H16Br2ClN3O4S/c19-14-8-11(9-15(20)17(14)25)10-22-23-18(26)16-2-1-7-24(16)29(27,28)13-5-3-12(21)4-6-13/h3-6,8-10,16,25H,1-2,7H2,(H,23,26)/b22-10-/t16-/m1/s1. The van der Waals surface area contributed by atoms with Crippen LogP contribution in [-0.4, -0.2) is 42.5 Å². The van der Waals surface area contributed by atoms with Gasteiger partial charge in [0.05, 0.1) is 20.1 Å². The van der Waals surface area contributed by atoms with Gasteiger partial charge in [-0.25, -0.2) is 13.8 Å². The molecule has 0 spiro atoms. The minimum Gasteiger partial charge on any atom is -0.506 e. The van der Waals surface area contributed by atoms with Crippen molar-refractivity contribution < 1.29 is 18.3 Å². The number of aromatic hydroxyl groups is 1. The van der Waals surface area contributed by atoms with Crippen molar-refractivity contribution in [1.29, 1.82) is 0 Å². The molecule has 0 saturated carbocycles. The highest BCUT2D eigenvalue weighted by Gasteiger charge is 2.39. The van der Waals surface area contributed by atoms with Crippen LogP contribution in [0.5, 0.6) is 5.75 Å². The molecule has 0 radical (unpaired) electrons. The number of benzene rings is 2. The number of hydrogen-bond acceptors (Lipinski definition) is 5. The first-order valence-electron chi connectivity index (χ1n) is 8.48. The first kappa shape index (κ1) is 22.2. The summed E-state index contributed by atoms with van der Waals surface area (Å²) in [6.07, 6.45) is 2.39. The Morgan fingerprint density at radius 3 is 2.48 bits per heavy atom. The molecular weight excluding hydrogens is 550 g/mol. The molecule has 2 N–H and O–H groups in total. The van der Waals surface area contributed by atoms with Crippen molar-refractivity contribution in [3.8, 4) is 5.75 Å². The Morgan fingerprint density at radius 1 is 1.24 bits per heavy atom. The third-order valence-electron chi connectivity index (χ3n) is 4.35. The first-order valence-corrected chi connectivity index (χ1v) is 11.9. The predicted octanol–water partition coefficient (Wildman–Crippen LogP) is 3.87. The third kappa shape index (κ3) is 5.00. The van der Waals surface area contributed by atoms with Gasteiger partial charge in [-0.05, 0) is 86.7 Å². The van der Waals surface area contributed by atoms with Crippen molar-refractivity contribution >= 4 is 65.6 Å². The fraction of sp³-hybridized carbons (Fsp3) is 0.222. The van der Waals surface area contributed by atoms with E-state index in [1.165, 1.54) is 34.8 Å². The largest absolute Gasteiger partial charge is 0.506 e. The summed E-state index contributed by atoms with van der Waals surface area (Å²) >= 11 is 12.3. The van der Waals surface area contributed by atoms with Gasteiger partial charge < -0.3 is 5.11 Å². The summed E-state index contributed by atoms with van der Waals surface area (Å²) < 4.78 is 27.9. The Bertz CT molecular complexity index is 1040. The molecule has 1 amide bonds. The van der Waals surface area contributed by atoms with Crippen molar-refractivity contribution in [2.45, 2.75) is 23.8 Å². The highest BCUT2D eigenvalue weighted by molar-refractivity contribution is 9.11. The number of phenolic OH excluding ortho intramolecular Hbond substituents is 1. The van der Waals surface area contributed by atoms with Gasteiger partial charge in [0.2, 0.25) is 10.0 Å². The number of hydrazone groups is 1. The molecule has 3 rings (SSSR count). The number of phenols is 1. The van der Waals surface area contributed by atoms with Gasteiger partial charge in [-0.3, -0.25) is 4.79 Å². The van der Waals surface area contributed by atoms with Gasteiger partial charge in [-0.2, -0.15) is 9.41 Å². The number of halogens is 3. The smallest absolute Gasteiger partial charge is 0.258 e. The van der Waals surface area contributed by atoms with Gasteiger partial charge >= 0.3 is 0 Å². The van der Waals surface area contributed by atoms with Crippen molar-refractivity contribution in [1.82, 2.24) is 9.73 Å². The molecule has 7 nitrogen and oxygen atoms in total. The highest BCUT2D eigenvalue weighted by atomic mass is 79.9. The van der Waals surface area contributed by atoms with E-state index in [1.807, 2.05) is 0 Å². The van der Waals surface area contributed by atoms with Crippen molar-refractivity contribution in [2.24, 2.45) is 5.10 Å². The van der Waals surface area contributed by atoms with Gasteiger partial charge in [0.15, 0.2) is 0 Å². The summed E-state index contributed by atoms with van der Waals surface area (Å²) in [5, 5.41) is 14.1. The zero-order chi connectivity index (χ0) is 21.2. The average Bonchev–Trinajstić information content (AvgIpc) is 3.17. The first-order chi connectivity index (χ1) is 13.7. The zero-order valence-electron chi connectivity index (χ0n) is 14.8. The molecule has 0 bridgehead atoms. The lowest BCUT2D eigenvalue weighted by molar-refractivity contribution is -0.124. The molecule has 1 atom stereocenters. The average molecular weight is 566 g/mol. The van der Waals surface area contributed by atoms with Gasteiger partial charge in [0, 0.05) is 11.6 Å². The Labute approximate surface area is 190 Å². The van der Waals surface area contributed by atoms with E-state index in [0.29, 0.717) is 32.4 Å². The fourth-order valence-corrected chi connectivity index (χ4v) is 5.94. The van der Waals surface area contributed by atoms with Crippen LogP contribution in [0.25, 0.3) is 0 Å². The lowest BCUT2D eigenvalue weighted by Crippen LogP contribution is -2.44. The van der Waals surface area contributed by atoms with Gasteiger partial charge in [0.25, 0.3) is 5.91 Å². The molecule has 1 saturated heterocycles. The van der Waals surface area contributed by atoms with Crippen LogP contribution in [0.15, 0.2) is 55.3 Å². The molecule has 29 heavy (non-hydrogen) atoms. The molecule has 0 aliphatic carbocycles. The van der Waals surface area contributed by atoms with Crippen LogP contribution in [-0.2, 0) is 14.8 Å². The second kappa shape index (κ2) is 9.13. The lowest BCUT2D eigenvalue weighted by Gasteiger charge is -2.22. The summed E-state index contributed by atoms with van der Waals surface area (Å²) in [7, 11) is -3.82. The summed E-state index contributed by atoms with van der Waals surface area (Å²) in [4.78, 5) is 12.6. The monoisotopic (exact) mass is 563 g/mol. The Hall–Kier alpha value is -1.46. The molecule has 154 valence electrons. The molecule has 2 aromatic carbocycles. The molecule has 11 heteroatoms. The Morgan fingerprint density at radius 2 is 1.86 bits per heavy atom. The van der Waals surface area contributed by atoms with E-state index in [2.05, 4.69) is 42.4 Å². The molecule has 2 aromatic rings. The Kier molecular flexibility index (Phi) is 7.00. The highest BCUT2D eigenvalue weighted by Crippen LogP contribution is 2.33. The SMILES string of the molecule is O=C(N/N=C\c1cc(Br)c(O)c(Br)c1)[C@H]1CCCN1S(=O)(=O)c1ccc(Cl)cc1. The van der Waals surface area contributed by atoms with Crippen LogP contribution in [0, 0.1) is 0 Å². The summed E-state index contributed by atoms with van der Waals surface area (Å²) in [6, 6.07) is 8.25. The number of nitrogens with zero attached hydrogens (tertiary/aromatic N) is 2. The van der Waals surface area contributed by atoms with E-state index in [1.54, 1.807) is 12.1 Å². The number of sulfonamides is 1. The molecule has 0 aromatic heterocycles. The van der Waals surface area contributed by atoms with E-state index in [4.69, 9.17) is 11.6 Å². The molecule has 1 aliphatic heterocycles. The second-order valence-electron chi connectivity index (χ2n) is 6.30. The third-order valence-corrected chi connectivity index (χ3v) is 7.74. The molecule has 1 heterocycles. The number of amides is 1. The molecule has 0 unspecified atom stereocenters. The van der Waals surface area contributed by atoms with Crippen molar-refractivity contribution in [3.05, 3.63) is 55.9 Å². The Balaban J connectivity index is 1.72. The lowest BCUT2D eigenvalue weighted by atomic mass is 10.2. The normalized spacial score (nSPS) is 17.7. The number of carbonyl (C=O) groups excluding carboxylic acids is 1. The second-order valence-corrected chi connectivity index (χ2v) is 10.3. The summed E-state index contributed by atoms with van der Waals surface area (Å²) in [6.45, 7) is 0.255. The van der Waals surface area contributed by atoms with Crippen LogP contribution in [0.4, 0.5) is 0 Å². The van der Waals surface area contributed by atoms with Crippen LogP contribution in [0.3, 0.4) is 0 Å². The quantitative estimate of drug-likeness (QED) is 0.425. The van der Waals surface area contributed by atoms with Gasteiger partial charge in [0.1, 0.15) is 11.8 Å². The topological polar surface area (TPSA) is 99.1 Å². The predicted molar refractivity (Wildman–Crippen MR) is 118 cm³/mol.